The van der Waals surface area contributed by atoms with E-state index >= 15 is 0 Å². The van der Waals surface area contributed by atoms with Crippen molar-refractivity contribution in [3.63, 3.8) is 0 Å². The van der Waals surface area contributed by atoms with E-state index in [0.29, 0.717) is 0 Å². The number of anilines is 1. The van der Waals surface area contributed by atoms with E-state index in [1.807, 2.05) is 61.5 Å². The Morgan fingerprint density at radius 3 is 2.23 bits per heavy atom. The summed E-state index contributed by atoms with van der Waals surface area (Å²) in [5, 5.41) is 14.0. The number of non-ortho nitro benzene ring substituents is 1. The van der Waals surface area contributed by atoms with Gasteiger partial charge < -0.3 is 15.0 Å². The number of hydrogen-bond acceptors (Lipinski definition) is 7. The molecule has 0 fully saturated rings. The number of aryl methyl sites for hydroxylation is 1. The number of nitro groups is 1. The molecule has 11 nitrogen and oxygen atoms in total. The van der Waals surface area contributed by atoms with Gasteiger partial charge in [-0.25, -0.2) is 8.42 Å². The number of likely N-dealkylation sites (N-methyl/N-ethyl adjacent to an activating group) is 1. The summed E-state index contributed by atoms with van der Waals surface area (Å²) in [4.78, 5) is 39.2. The first-order valence-electron chi connectivity index (χ1n) is 12.3. The molecule has 0 spiro atoms. The van der Waals surface area contributed by atoms with Gasteiger partial charge in [-0.1, -0.05) is 60.2 Å². The second kappa shape index (κ2) is 13.1. The molecule has 1 atom stereocenters. The zero-order chi connectivity index (χ0) is 29.4. The lowest BCUT2D eigenvalue weighted by molar-refractivity contribution is -0.384. The summed E-state index contributed by atoms with van der Waals surface area (Å²) in [6, 6.07) is 19.1. The van der Waals surface area contributed by atoms with Crippen LogP contribution in [0.3, 0.4) is 0 Å². The van der Waals surface area contributed by atoms with Gasteiger partial charge in [-0.2, -0.15) is 0 Å². The van der Waals surface area contributed by atoms with Crippen molar-refractivity contribution in [1.29, 1.82) is 0 Å². The number of benzene rings is 3. The van der Waals surface area contributed by atoms with Crippen LogP contribution in [0.2, 0.25) is 0 Å². The van der Waals surface area contributed by atoms with E-state index in [-0.39, 0.29) is 30.1 Å². The molecule has 0 aliphatic carbocycles. The van der Waals surface area contributed by atoms with Gasteiger partial charge in [0.2, 0.25) is 21.8 Å². The fourth-order valence-corrected chi connectivity index (χ4v) is 5.04. The number of hydrogen-bond donors (Lipinski definition) is 1. The average Bonchev–Trinajstić information content (AvgIpc) is 2.93. The third kappa shape index (κ3) is 7.56. The third-order valence-corrected chi connectivity index (χ3v) is 7.44. The molecule has 0 aliphatic rings. The summed E-state index contributed by atoms with van der Waals surface area (Å²) < 4.78 is 31.9. The average molecular weight is 569 g/mol. The first-order chi connectivity index (χ1) is 18.9. The smallest absolute Gasteiger partial charge is 0.271 e. The third-order valence-electron chi connectivity index (χ3n) is 6.31. The highest BCUT2D eigenvalue weighted by Crippen LogP contribution is 2.34. The highest BCUT2D eigenvalue weighted by molar-refractivity contribution is 7.92. The molecule has 1 unspecified atom stereocenters. The van der Waals surface area contributed by atoms with Crippen LogP contribution in [-0.2, 0) is 32.6 Å². The van der Waals surface area contributed by atoms with Gasteiger partial charge in [0.15, 0.2) is 0 Å². The number of methoxy groups -OCH3 is 1. The number of ether oxygens (including phenoxy) is 1. The first-order valence-corrected chi connectivity index (χ1v) is 14.2. The Hall–Kier alpha value is -4.45. The minimum absolute atomic E-state index is 0.0215. The molecule has 3 aromatic carbocycles. The molecule has 0 heterocycles. The Morgan fingerprint density at radius 1 is 1.02 bits per heavy atom. The maximum atomic E-state index is 14.0. The predicted octanol–water partition coefficient (Wildman–Crippen LogP) is 3.06. The number of nitro benzene ring substituents is 1. The molecule has 0 aliphatic heterocycles. The van der Waals surface area contributed by atoms with Crippen molar-refractivity contribution in [2.75, 3.05) is 31.3 Å². The van der Waals surface area contributed by atoms with Crippen LogP contribution in [0, 0.1) is 17.0 Å². The van der Waals surface area contributed by atoms with E-state index in [1.165, 1.54) is 31.2 Å². The van der Waals surface area contributed by atoms with Gasteiger partial charge >= 0.3 is 0 Å². The standard InChI is InChI=1S/C28H32N4O7S/c1-20-10-12-22(13-11-20)18-30(25(28(34)29-2)16-21-8-6-5-7-9-21)27(33)19-31(40(4,37)38)24-17-23(32(35)36)14-15-26(24)39-3/h5-15,17,25H,16,18-19H2,1-4H3,(H,29,34). The van der Waals surface area contributed by atoms with Crippen molar-refractivity contribution in [2.45, 2.75) is 25.9 Å². The molecule has 1 N–H and O–H groups in total. The molecule has 0 aromatic heterocycles. The molecule has 0 bridgehead atoms. The molecule has 12 heteroatoms. The predicted molar refractivity (Wildman–Crippen MR) is 152 cm³/mol. The summed E-state index contributed by atoms with van der Waals surface area (Å²) in [6.45, 7) is 1.23. The van der Waals surface area contributed by atoms with Crippen LogP contribution in [0.15, 0.2) is 72.8 Å². The maximum Gasteiger partial charge on any atom is 0.271 e. The van der Waals surface area contributed by atoms with E-state index in [9.17, 15) is 28.1 Å². The number of nitrogens with one attached hydrogen (secondary N) is 1. The van der Waals surface area contributed by atoms with E-state index < -0.39 is 39.3 Å². The fraction of sp³-hybridized carbons (Fsp3) is 0.286. The van der Waals surface area contributed by atoms with Crippen LogP contribution in [0.4, 0.5) is 11.4 Å². The van der Waals surface area contributed by atoms with Crippen LogP contribution in [-0.4, -0.2) is 63.1 Å². The second-order valence-electron chi connectivity index (χ2n) is 9.21. The Labute approximate surface area is 233 Å². The van der Waals surface area contributed by atoms with Crippen molar-refractivity contribution in [3.8, 4) is 5.75 Å². The highest BCUT2D eigenvalue weighted by Gasteiger charge is 2.33. The minimum Gasteiger partial charge on any atom is -0.495 e. The molecule has 40 heavy (non-hydrogen) atoms. The molecule has 0 saturated heterocycles. The van der Waals surface area contributed by atoms with E-state index in [0.717, 1.165) is 33.3 Å². The summed E-state index contributed by atoms with van der Waals surface area (Å²) in [6.07, 6.45) is 1.07. The zero-order valence-corrected chi connectivity index (χ0v) is 23.6. The van der Waals surface area contributed by atoms with Gasteiger partial charge in [0.1, 0.15) is 24.0 Å². The van der Waals surface area contributed by atoms with Crippen LogP contribution >= 0.6 is 0 Å². The quantitative estimate of drug-likeness (QED) is 0.262. The number of amides is 2. The van der Waals surface area contributed by atoms with E-state index in [2.05, 4.69) is 5.32 Å². The second-order valence-corrected chi connectivity index (χ2v) is 11.1. The van der Waals surface area contributed by atoms with Gasteiger partial charge in [-0.15, -0.1) is 0 Å². The van der Waals surface area contributed by atoms with E-state index in [1.54, 1.807) is 0 Å². The zero-order valence-electron chi connectivity index (χ0n) is 22.7. The topological polar surface area (TPSA) is 139 Å². The summed E-state index contributed by atoms with van der Waals surface area (Å²) in [7, 11) is -1.37. The van der Waals surface area contributed by atoms with Crippen molar-refractivity contribution >= 4 is 33.2 Å². The van der Waals surface area contributed by atoms with Crippen LogP contribution in [0.1, 0.15) is 16.7 Å². The van der Waals surface area contributed by atoms with Crippen LogP contribution in [0.5, 0.6) is 5.75 Å². The fourth-order valence-electron chi connectivity index (χ4n) is 4.19. The van der Waals surface area contributed by atoms with Crippen molar-refractivity contribution < 1.29 is 27.7 Å². The lowest BCUT2D eigenvalue weighted by atomic mass is 10.0. The first kappa shape index (κ1) is 30.1. The molecule has 0 saturated carbocycles. The summed E-state index contributed by atoms with van der Waals surface area (Å²) in [5.74, 6) is -1.08. The molecular weight excluding hydrogens is 536 g/mol. The highest BCUT2D eigenvalue weighted by atomic mass is 32.2. The van der Waals surface area contributed by atoms with Gasteiger partial charge in [-0.05, 0) is 24.1 Å². The Morgan fingerprint density at radius 2 is 1.68 bits per heavy atom. The normalized spacial score (nSPS) is 11.8. The molecule has 2 amide bonds. The van der Waals surface area contributed by atoms with E-state index in [4.69, 9.17) is 4.74 Å². The van der Waals surface area contributed by atoms with Gasteiger partial charge in [0.05, 0.1) is 18.3 Å². The summed E-state index contributed by atoms with van der Waals surface area (Å²) in [5.41, 5.74) is 2.01. The largest absolute Gasteiger partial charge is 0.495 e. The molecule has 3 rings (SSSR count). The lowest BCUT2D eigenvalue weighted by Crippen LogP contribution is -2.52. The SMILES string of the molecule is CNC(=O)C(Cc1ccccc1)N(Cc1ccc(C)cc1)C(=O)CN(c1cc([N+](=O)[O-])ccc1OC)S(C)(=O)=O. The molecule has 3 aromatic rings. The van der Waals surface area contributed by atoms with Crippen LogP contribution < -0.4 is 14.4 Å². The lowest BCUT2D eigenvalue weighted by Gasteiger charge is -2.33. The van der Waals surface area contributed by atoms with Gasteiger partial charge in [0, 0.05) is 32.1 Å². The number of sulfonamides is 1. The molecule has 212 valence electrons. The minimum atomic E-state index is -4.13. The van der Waals surface area contributed by atoms with Crippen molar-refractivity contribution in [2.24, 2.45) is 0 Å². The monoisotopic (exact) mass is 568 g/mol. The number of rotatable bonds is 12. The number of carbonyl (C=O) groups is 2. The van der Waals surface area contributed by atoms with Gasteiger partial charge in [-0.3, -0.25) is 24.0 Å². The summed E-state index contributed by atoms with van der Waals surface area (Å²) >= 11 is 0. The molecular formula is C28H32N4O7S. The number of carbonyl (C=O) groups excluding carboxylic acids is 2. The van der Waals surface area contributed by atoms with Crippen molar-refractivity contribution in [1.82, 2.24) is 10.2 Å². The Kier molecular flexibility index (Phi) is 9.83. The Bertz CT molecular complexity index is 1460. The van der Waals surface area contributed by atoms with Gasteiger partial charge in [0.25, 0.3) is 5.69 Å². The van der Waals surface area contributed by atoms with Crippen molar-refractivity contribution in [3.05, 3.63) is 99.6 Å². The Balaban J connectivity index is 2.09. The number of nitrogens with zero attached hydrogens (tertiary/aromatic N) is 3. The molecule has 0 radical (unpaired) electrons. The van der Waals surface area contributed by atoms with Crippen LogP contribution in [0.25, 0.3) is 0 Å². The maximum absolute atomic E-state index is 14.0.